The molecule has 1 heterocycles. The molecular weight excluding hydrogens is 434 g/mol. The van der Waals surface area contributed by atoms with Crippen LogP contribution in [0.15, 0.2) is 46.0 Å². The van der Waals surface area contributed by atoms with Crippen LogP contribution in [0.25, 0.3) is 0 Å². The number of amides is 1. The van der Waals surface area contributed by atoms with E-state index in [-0.39, 0.29) is 36.7 Å². The predicted molar refractivity (Wildman–Crippen MR) is 94.1 cm³/mol. The lowest BCUT2D eigenvalue weighted by Crippen LogP contribution is -2.32. The third-order valence-corrected chi connectivity index (χ3v) is 5.33. The Labute approximate surface area is 158 Å². The molecule has 26 heavy (non-hydrogen) atoms. The number of carbonyl (C=O) groups excluding carboxylic acids is 1. The molecule has 0 aliphatic carbocycles. The molecule has 0 aliphatic rings. The average molecular weight is 451 g/mol. The summed E-state index contributed by atoms with van der Waals surface area (Å²) in [6.07, 6.45) is 2.50. The van der Waals surface area contributed by atoms with Crippen LogP contribution < -0.4 is 10.0 Å². The molecule has 142 valence electrons. The Bertz CT molecular complexity index is 858. The number of nitrogens with one attached hydrogen (secondary N) is 2. The predicted octanol–water partition coefficient (Wildman–Crippen LogP) is 2.07. The van der Waals surface area contributed by atoms with Gasteiger partial charge in [0.05, 0.1) is 4.90 Å². The molecule has 0 atom stereocenters. The summed E-state index contributed by atoms with van der Waals surface area (Å²) in [6.45, 7) is -2.64. The van der Waals surface area contributed by atoms with Gasteiger partial charge in [-0.05, 0) is 18.2 Å². The number of hydrogen-bond acceptors (Lipinski definition) is 4. The normalized spacial score (nSPS) is 11.7. The Morgan fingerprint density at radius 1 is 1.31 bits per heavy atom. The molecule has 0 aliphatic heterocycles. The highest BCUT2D eigenvalue weighted by atomic mass is 79.9. The van der Waals surface area contributed by atoms with Crippen LogP contribution in [-0.2, 0) is 21.2 Å². The Hall–Kier alpha value is -1.85. The van der Waals surface area contributed by atoms with Crippen LogP contribution >= 0.6 is 15.9 Å². The van der Waals surface area contributed by atoms with E-state index in [4.69, 9.17) is 0 Å². The smallest absolute Gasteiger partial charge is 0.319 e. The van der Waals surface area contributed by atoms with Gasteiger partial charge in [0.2, 0.25) is 15.9 Å². The third-order valence-electron chi connectivity index (χ3n) is 3.38. The third kappa shape index (κ3) is 5.85. The lowest BCUT2D eigenvalue weighted by atomic mass is 10.3. The first-order chi connectivity index (χ1) is 12.3. The van der Waals surface area contributed by atoms with Gasteiger partial charge in [0.15, 0.2) is 0 Å². The number of alkyl halides is 2. The summed E-state index contributed by atoms with van der Waals surface area (Å²) < 4.78 is 53.2. The van der Waals surface area contributed by atoms with Crippen molar-refractivity contribution in [3.05, 3.63) is 47.0 Å². The second-order valence-electron chi connectivity index (χ2n) is 5.23. The Kier molecular flexibility index (Phi) is 7.23. The maximum atomic E-state index is 12.7. The summed E-state index contributed by atoms with van der Waals surface area (Å²) in [4.78, 5) is 15.6. The maximum absolute atomic E-state index is 12.7. The van der Waals surface area contributed by atoms with E-state index in [9.17, 15) is 22.0 Å². The number of imidazole rings is 1. The molecule has 2 aromatic rings. The van der Waals surface area contributed by atoms with E-state index in [0.29, 0.717) is 4.47 Å². The highest BCUT2D eigenvalue weighted by Gasteiger charge is 2.15. The van der Waals surface area contributed by atoms with Gasteiger partial charge >= 0.3 is 6.55 Å². The zero-order chi connectivity index (χ0) is 19.2. The van der Waals surface area contributed by atoms with Gasteiger partial charge in [0.25, 0.3) is 0 Å². The van der Waals surface area contributed by atoms with Gasteiger partial charge in [-0.1, -0.05) is 22.0 Å². The average Bonchev–Trinajstić information content (AvgIpc) is 3.03. The van der Waals surface area contributed by atoms with Crippen LogP contribution in [0.2, 0.25) is 0 Å². The van der Waals surface area contributed by atoms with Gasteiger partial charge in [-0.15, -0.1) is 0 Å². The Morgan fingerprint density at radius 2 is 2.08 bits per heavy atom. The summed E-state index contributed by atoms with van der Waals surface area (Å²) in [6, 6.07) is 6.19. The topological polar surface area (TPSA) is 93.1 Å². The van der Waals surface area contributed by atoms with Crippen LogP contribution in [0.3, 0.4) is 0 Å². The number of benzene rings is 1. The largest absolute Gasteiger partial charge is 0.356 e. The molecule has 0 radical (unpaired) electrons. The summed E-state index contributed by atoms with van der Waals surface area (Å²) in [5.74, 6) is -0.229. The van der Waals surface area contributed by atoms with Crippen molar-refractivity contribution < 1.29 is 22.0 Å². The molecule has 2 rings (SSSR count). The van der Waals surface area contributed by atoms with Gasteiger partial charge in [-0.3, -0.25) is 9.36 Å². The number of hydrogen-bond donors (Lipinski definition) is 2. The molecule has 11 heteroatoms. The van der Waals surface area contributed by atoms with E-state index < -0.39 is 22.5 Å². The molecule has 1 amide bonds. The zero-order valence-corrected chi connectivity index (χ0v) is 15.9. The van der Waals surface area contributed by atoms with Crippen molar-refractivity contribution in [3.8, 4) is 0 Å². The molecule has 0 spiro atoms. The van der Waals surface area contributed by atoms with Crippen molar-refractivity contribution in [1.82, 2.24) is 19.6 Å². The quantitative estimate of drug-likeness (QED) is 0.611. The number of rotatable bonds is 9. The van der Waals surface area contributed by atoms with Crippen molar-refractivity contribution in [2.75, 3.05) is 13.1 Å². The number of nitrogens with zero attached hydrogens (tertiary/aromatic N) is 2. The molecular formula is C15H17BrF2N4O3S. The van der Waals surface area contributed by atoms with Crippen molar-refractivity contribution in [2.45, 2.75) is 24.3 Å². The first-order valence-corrected chi connectivity index (χ1v) is 9.89. The van der Waals surface area contributed by atoms with E-state index in [1.165, 1.54) is 24.5 Å². The number of carbonyl (C=O) groups is 1. The lowest BCUT2D eigenvalue weighted by molar-refractivity contribution is -0.120. The van der Waals surface area contributed by atoms with Crippen molar-refractivity contribution >= 4 is 31.9 Å². The molecule has 1 aromatic heterocycles. The summed E-state index contributed by atoms with van der Waals surface area (Å²) >= 11 is 3.19. The van der Waals surface area contributed by atoms with Crippen LogP contribution in [-0.4, -0.2) is 37.0 Å². The fourth-order valence-corrected chi connectivity index (χ4v) is 3.76. The van der Waals surface area contributed by atoms with Gasteiger partial charge in [-0.25, -0.2) is 18.1 Å². The minimum atomic E-state index is -3.71. The van der Waals surface area contributed by atoms with E-state index in [0.717, 1.165) is 4.57 Å². The van der Waals surface area contributed by atoms with Gasteiger partial charge in [0.1, 0.15) is 5.82 Å². The molecule has 0 bridgehead atoms. The van der Waals surface area contributed by atoms with E-state index in [1.807, 2.05) is 0 Å². The van der Waals surface area contributed by atoms with Gasteiger partial charge in [0, 0.05) is 42.8 Å². The highest BCUT2D eigenvalue weighted by Crippen LogP contribution is 2.15. The molecule has 0 saturated heterocycles. The van der Waals surface area contributed by atoms with Crippen LogP contribution in [0, 0.1) is 0 Å². The zero-order valence-electron chi connectivity index (χ0n) is 13.5. The molecule has 0 fully saturated rings. The highest BCUT2D eigenvalue weighted by molar-refractivity contribution is 9.10. The number of sulfonamides is 1. The summed E-state index contributed by atoms with van der Waals surface area (Å²) in [7, 11) is -3.71. The Morgan fingerprint density at radius 3 is 2.77 bits per heavy atom. The standard InChI is InChI=1S/C15H17BrF2N4O3S/c16-11-2-1-3-12(10-11)26(24,25)21-7-5-14(23)20-6-4-13-19-8-9-22(13)15(17)18/h1-3,8-10,15,21H,4-7H2,(H,20,23). The summed E-state index contributed by atoms with van der Waals surface area (Å²) in [5.41, 5.74) is 0. The van der Waals surface area contributed by atoms with Gasteiger partial charge < -0.3 is 5.32 Å². The maximum Gasteiger partial charge on any atom is 0.319 e. The molecule has 0 unspecified atom stereocenters. The van der Waals surface area contributed by atoms with E-state index in [2.05, 4.69) is 31.0 Å². The van der Waals surface area contributed by atoms with Crippen LogP contribution in [0.4, 0.5) is 8.78 Å². The van der Waals surface area contributed by atoms with E-state index in [1.54, 1.807) is 12.1 Å². The first-order valence-electron chi connectivity index (χ1n) is 7.61. The monoisotopic (exact) mass is 450 g/mol. The fourth-order valence-electron chi connectivity index (χ4n) is 2.13. The van der Waals surface area contributed by atoms with Gasteiger partial charge in [-0.2, -0.15) is 8.78 Å². The molecule has 2 N–H and O–H groups in total. The molecule has 7 nitrogen and oxygen atoms in total. The number of aromatic nitrogens is 2. The lowest BCUT2D eigenvalue weighted by Gasteiger charge is -2.09. The van der Waals surface area contributed by atoms with Crippen molar-refractivity contribution in [1.29, 1.82) is 0 Å². The van der Waals surface area contributed by atoms with Crippen LogP contribution in [0.1, 0.15) is 18.8 Å². The van der Waals surface area contributed by atoms with Crippen molar-refractivity contribution in [3.63, 3.8) is 0 Å². The SMILES string of the molecule is O=C(CCNS(=O)(=O)c1cccc(Br)c1)NCCc1nccn1C(F)F. The minimum Gasteiger partial charge on any atom is -0.356 e. The fraction of sp³-hybridized carbons (Fsp3) is 0.333. The first kappa shape index (κ1) is 20.5. The second kappa shape index (κ2) is 9.19. The Balaban J connectivity index is 1.74. The number of halogens is 3. The minimum absolute atomic E-state index is 0.0729. The van der Waals surface area contributed by atoms with Crippen molar-refractivity contribution in [2.24, 2.45) is 0 Å². The molecule has 0 saturated carbocycles. The second-order valence-corrected chi connectivity index (χ2v) is 7.92. The molecule has 1 aromatic carbocycles. The summed E-state index contributed by atoms with van der Waals surface area (Å²) in [5, 5.41) is 2.54. The van der Waals surface area contributed by atoms with Crippen LogP contribution in [0.5, 0.6) is 0 Å². The van der Waals surface area contributed by atoms with E-state index >= 15 is 0 Å².